The number of benzene rings is 1. The van der Waals surface area contributed by atoms with Crippen LogP contribution in [0.2, 0.25) is 0 Å². The first-order valence-corrected chi connectivity index (χ1v) is 7.69. The summed E-state index contributed by atoms with van der Waals surface area (Å²) in [4.78, 5) is 14.9. The summed E-state index contributed by atoms with van der Waals surface area (Å²) in [6.45, 7) is 0.984. The quantitative estimate of drug-likeness (QED) is 0.468. The van der Waals surface area contributed by atoms with Crippen LogP contribution in [-0.4, -0.2) is 23.0 Å². The van der Waals surface area contributed by atoms with E-state index >= 15 is 0 Å². The van der Waals surface area contributed by atoms with Crippen molar-refractivity contribution in [3.8, 4) is 11.5 Å². The second-order valence-electron chi connectivity index (χ2n) is 5.58. The minimum absolute atomic E-state index is 0.0569. The number of rotatable bonds is 4. The summed E-state index contributed by atoms with van der Waals surface area (Å²) in [5, 5.41) is 10.6. The molecule has 2 heterocycles. The molecule has 0 bridgehead atoms. The molecule has 1 aromatic heterocycles. The Bertz CT molecular complexity index is 793. The maximum absolute atomic E-state index is 14.6. The highest BCUT2D eigenvalue weighted by Crippen LogP contribution is 2.34. The Labute approximate surface area is 141 Å². The Morgan fingerprint density at radius 1 is 1.04 bits per heavy atom. The Morgan fingerprint density at radius 3 is 2.28 bits per heavy atom. The van der Waals surface area contributed by atoms with Crippen LogP contribution >= 0.6 is 0 Å². The number of ether oxygens (including phenoxy) is 1. The minimum atomic E-state index is -1.54. The van der Waals surface area contributed by atoms with Crippen molar-refractivity contribution in [1.82, 2.24) is 4.98 Å². The van der Waals surface area contributed by atoms with E-state index in [1.54, 1.807) is 4.90 Å². The van der Waals surface area contributed by atoms with Gasteiger partial charge in [0.1, 0.15) is 5.75 Å². The van der Waals surface area contributed by atoms with E-state index in [9.17, 15) is 23.3 Å². The van der Waals surface area contributed by atoms with E-state index in [0.717, 1.165) is 31.4 Å². The number of halogens is 3. The number of anilines is 1. The number of nitro groups is 1. The van der Waals surface area contributed by atoms with Gasteiger partial charge in [-0.1, -0.05) is 0 Å². The molecule has 0 atom stereocenters. The summed E-state index contributed by atoms with van der Waals surface area (Å²) < 4.78 is 47.5. The van der Waals surface area contributed by atoms with Gasteiger partial charge in [-0.05, 0) is 31.4 Å². The van der Waals surface area contributed by atoms with Crippen LogP contribution in [0.1, 0.15) is 19.3 Å². The van der Waals surface area contributed by atoms with Crippen molar-refractivity contribution < 1.29 is 22.8 Å². The Kier molecular flexibility index (Phi) is 4.73. The predicted octanol–water partition coefficient (Wildman–Crippen LogP) is 4.19. The lowest BCUT2D eigenvalue weighted by molar-refractivity contribution is -0.384. The molecule has 0 spiro atoms. The van der Waals surface area contributed by atoms with E-state index in [-0.39, 0.29) is 17.3 Å². The van der Waals surface area contributed by atoms with Crippen molar-refractivity contribution in [3.63, 3.8) is 0 Å². The molecule has 1 aromatic carbocycles. The van der Waals surface area contributed by atoms with Crippen molar-refractivity contribution in [3.05, 3.63) is 52.0 Å². The fourth-order valence-electron chi connectivity index (χ4n) is 2.64. The summed E-state index contributed by atoms with van der Waals surface area (Å²) >= 11 is 0. The third-order valence-electron chi connectivity index (χ3n) is 3.90. The van der Waals surface area contributed by atoms with Gasteiger partial charge in [-0.2, -0.15) is 18.2 Å². The average molecular weight is 353 g/mol. The fourth-order valence-corrected chi connectivity index (χ4v) is 2.64. The minimum Gasteiger partial charge on any atom is -0.451 e. The molecule has 0 saturated carbocycles. The average Bonchev–Trinajstić information content (AvgIpc) is 2.63. The van der Waals surface area contributed by atoms with Crippen LogP contribution in [0.5, 0.6) is 11.5 Å². The number of non-ortho nitro benzene ring substituents is 1. The highest BCUT2D eigenvalue weighted by molar-refractivity contribution is 5.49. The summed E-state index contributed by atoms with van der Waals surface area (Å²) in [6.07, 6.45) is 2.59. The molecule has 1 aliphatic rings. The number of hydrogen-bond donors (Lipinski definition) is 0. The number of piperidine rings is 1. The lowest BCUT2D eigenvalue weighted by Gasteiger charge is -2.28. The standard InChI is InChI=1S/C16H14F3N3O3/c17-12-14(25-11-6-4-10(5-7-11)22(23)24)13(18)16(20-15(12)19)21-8-2-1-3-9-21/h4-7H,1-3,8-9H2. The SMILES string of the molecule is O=[N+]([O-])c1ccc(Oc2c(F)c(F)nc(N3CCCCC3)c2F)cc1. The molecule has 3 rings (SSSR count). The van der Waals surface area contributed by atoms with Crippen LogP contribution in [0.4, 0.5) is 24.7 Å². The summed E-state index contributed by atoms with van der Waals surface area (Å²) in [5.74, 6) is -5.37. The van der Waals surface area contributed by atoms with Crippen LogP contribution < -0.4 is 9.64 Å². The first-order chi connectivity index (χ1) is 12.0. The van der Waals surface area contributed by atoms with E-state index in [1.165, 1.54) is 12.1 Å². The van der Waals surface area contributed by atoms with Gasteiger partial charge in [0, 0.05) is 25.2 Å². The van der Waals surface area contributed by atoms with E-state index < -0.39 is 28.3 Å². The third kappa shape index (κ3) is 3.49. The van der Waals surface area contributed by atoms with Crippen LogP contribution in [0.25, 0.3) is 0 Å². The van der Waals surface area contributed by atoms with Crippen molar-refractivity contribution in [2.45, 2.75) is 19.3 Å². The zero-order valence-corrected chi connectivity index (χ0v) is 13.0. The molecule has 25 heavy (non-hydrogen) atoms. The Balaban J connectivity index is 1.94. The van der Waals surface area contributed by atoms with Gasteiger partial charge in [-0.15, -0.1) is 0 Å². The molecule has 0 radical (unpaired) electrons. The van der Waals surface area contributed by atoms with Crippen molar-refractivity contribution in [2.75, 3.05) is 18.0 Å². The molecule has 0 amide bonds. The maximum Gasteiger partial charge on any atom is 0.269 e. The van der Waals surface area contributed by atoms with Crippen molar-refractivity contribution >= 4 is 11.5 Å². The van der Waals surface area contributed by atoms with E-state index in [2.05, 4.69) is 4.98 Å². The number of nitro benzene ring substituents is 1. The smallest absolute Gasteiger partial charge is 0.269 e. The fraction of sp³-hybridized carbons (Fsp3) is 0.312. The van der Waals surface area contributed by atoms with Crippen LogP contribution in [0.15, 0.2) is 24.3 Å². The van der Waals surface area contributed by atoms with Gasteiger partial charge in [0.15, 0.2) is 5.82 Å². The normalized spacial score (nSPS) is 14.4. The Hall–Kier alpha value is -2.84. The van der Waals surface area contributed by atoms with Gasteiger partial charge in [0.2, 0.25) is 17.4 Å². The van der Waals surface area contributed by atoms with Gasteiger partial charge in [0.25, 0.3) is 11.6 Å². The topological polar surface area (TPSA) is 68.5 Å². The highest BCUT2D eigenvalue weighted by Gasteiger charge is 2.26. The van der Waals surface area contributed by atoms with E-state index in [4.69, 9.17) is 4.74 Å². The molecule has 1 saturated heterocycles. The van der Waals surface area contributed by atoms with Gasteiger partial charge in [-0.25, -0.2) is 0 Å². The van der Waals surface area contributed by atoms with Crippen molar-refractivity contribution in [1.29, 1.82) is 0 Å². The predicted molar refractivity (Wildman–Crippen MR) is 83.3 cm³/mol. The molecule has 0 unspecified atom stereocenters. The van der Waals surface area contributed by atoms with Crippen molar-refractivity contribution in [2.24, 2.45) is 0 Å². The molecular formula is C16H14F3N3O3. The lowest BCUT2D eigenvalue weighted by atomic mass is 10.1. The molecular weight excluding hydrogens is 339 g/mol. The van der Waals surface area contributed by atoms with Gasteiger partial charge in [-0.3, -0.25) is 10.1 Å². The molecule has 0 aliphatic carbocycles. The Morgan fingerprint density at radius 2 is 1.68 bits per heavy atom. The highest BCUT2D eigenvalue weighted by atomic mass is 19.2. The molecule has 0 N–H and O–H groups in total. The first-order valence-electron chi connectivity index (χ1n) is 7.69. The number of pyridine rings is 1. The maximum atomic E-state index is 14.6. The lowest BCUT2D eigenvalue weighted by Crippen LogP contribution is -2.31. The van der Waals surface area contributed by atoms with Gasteiger partial charge < -0.3 is 9.64 Å². The first kappa shape index (κ1) is 17.0. The number of nitrogens with zero attached hydrogens (tertiary/aromatic N) is 3. The molecule has 9 heteroatoms. The van der Waals surface area contributed by atoms with Gasteiger partial charge >= 0.3 is 0 Å². The largest absolute Gasteiger partial charge is 0.451 e. The van der Waals surface area contributed by atoms with Crippen LogP contribution in [-0.2, 0) is 0 Å². The summed E-state index contributed by atoms with van der Waals surface area (Å²) in [6, 6.07) is 4.59. The molecule has 6 nitrogen and oxygen atoms in total. The second kappa shape index (κ2) is 6.96. The van der Waals surface area contributed by atoms with E-state index in [0.29, 0.717) is 13.1 Å². The summed E-state index contributed by atoms with van der Waals surface area (Å²) in [7, 11) is 0. The zero-order chi connectivity index (χ0) is 18.0. The zero-order valence-electron chi connectivity index (χ0n) is 13.0. The number of aromatic nitrogens is 1. The van der Waals surface area contributed by atoms with E-state index in [1.807, 2.05) is 0 Å². The molecule has 1 aliphatic heterocycles. The second-order valence-corrected chi connectivity index (χ2v) is 5.58. The molecule has 1 fully saturated rings. The summed E-state index contributed by atoms with van der Waals surface area (Å²) in [5.41, 5.74) is -0.205. The van der Waals surface area contributed by atoms with Crippen LogP contribution in [0.3, 0.4) is 0 Å². The monoisotopic (exact) mass is 353 g/mol. The van der Waals surface area contributed by atoms with Gasteiger partial charge in [0.05, 0.1) is 4.92 Å². The van der Waals surface area contributed by atoms with Crippen LogP contribution in [0, 0.1) is 27.7 Å². The molecule has 2 aromatic rings. The number of hydrogen-bond acceptors (Lipinski definition) is 5. The molecule has 132 valence electrons. The third-order valence-corrected chi connectivity index (χ3v) is 3.90.